The van der Waals surface area contributed by atoms with Crippen LogP contribution in [0.1, 0.15) is 25.3 Å². The van der Waals surface area contributed by atoms with Gasteiger partial charge in [-0.15, -0.1) is 0 Å². The molecule has 30 heavy (non-hydrogen) atoms. The third-order valence-electron chi connectivity index (χ3n) is 5.10. The van der Waals surface area contributed by atoms with E-state index in [1.807, 2.05) is 24.3 Å². The number of ether oxygens (including phenoxy) is 4. The first-order valence-corrected chi connectivity index (χ1v) is 10.0. The highest BCUT2D eigenvalue weighted by molar-refractivity contribution is 5.92. The minimum atomic E-state index is -0.720. The van der Waals surface area contributed by atoms with Crippen LogP contribution in [0.4, 0.5) is 0 Å². The fourth-order valence-corrected chi connectivity index (χ4v) is 3.63. The van der Waals surface area contributed by atoms with Crippen LogP contribution in [0.2, 0.25) is 0 Å². The monoisotopic (exact) mass is 413 g/mol. The molecule has 160 valence electrons. The number of allylic oxidation sites excluding steroid dienone is 2. The van der Waals surface area contributed by atoms with Crippen molar-refractivity contribution < 1.29 is 23.7 Å². The van der Waals surface area contributed by atoms with Gasteiger partial charge in [0.2, 0.25) is 5.88 Å². The molecule has 2 aliphatic rings. The Kier molecular flexibility index (Phi) is 7.33. The summed E-state index contributed by atoms with van der Waals surface area (Å²) in [5.41, 5.74) is 7.07. The molecule has 0 spiro atoms. The van der Waals surface area contributed by atoms with Crippen molar-refractivity contribution >= 4 is 5.97 Å². The van der Waals surface area contributed by atoms with E-state index in [2.05, 4.69) is 11.0 Å². The van der Waals surface area contributed by atoms with Gasteiger partial charge in [0.1, 0.15) is 29.8 Å². The summed E-state index contributed by atoms with van der Waals surface area (Å²) in [7, 11) is 0. The Morgan fingerprint density at radius 1 is 1.33 bits per heavy atom. The van der Waals surface area contributed by atoms with Gasteiger partial charge in [0.15, 0.2) is 0 Å². The smallest absolute Gasteiger partial charge is 0.338 e. The number of rotatable bonds is 7. The zero-order chi connectivity index (χ0) is 21.5. The summed E-state index contributed by atoms with van der Waals surface area (Å²) >= 11 is 0. The Bertz CT molecular complexity index is 881. The van der Waals surface area contributed by atoms with Crippen LogP contribution in [-0.4, -0.2) is 56.9 Å². The molecule has 1 aromatic carbocycles. The molecule has 1 atom stereocenters. The first-order valence-electron chi connectivity index (χ1n) is 10.0. The molecule has 3 rings (SSSR count). The van der Waals surface area contributed by atoms with Gasteiger partial charge in [-0.3, -0.25) is 4.90 Å². The van der Waals surface area contributed by atoms with Crippen molar-refractivity contribution in [1.29, 1.82) is 5.26 Å². The van der Waals surface area contributed by atoms with Gasteiger partial charge < -0.3 is 24.7 Å². The van der Waals surface area contributed by atoms with E-state index in [0.717, 1.165) is 32.8 Å². The lowest BCUT2D eigenvalue weighted by Gasteiger charge is -2.29. The van der Waals surface area contributed by atoms with Crippen molar-refractivity contribution in [3.05, 3.63) is 52.6 Å². The average molecular weight is 413 g/mol. The lowest BCUT2D eigenvalue weighted by molar-refractivity contribution is -0.139. The lowest BCUT2D eigenvalue weighted by atomic mass is 9.82. The molecule has 0 aliphatic carbocycles. The van der Waals surface area contributed by atoms with E-state index in [9.17, 15) is 10.1 Å². The normalized spacial score (nSPS) is 19.8. The van der Waals surface area contributed by atoms with Gasteiger partial charge >= 0.3 is 5.97 Å². The number of hydrogen-bond donors (Lipinski definition) is 1. The van der Waals surface area contributed by atoms with Crippen molar-refractivity contribution in [2.45, 2.75) is 19.8 Å². The Labute approximate surface area is 176 Å². The van der Waals surface area contributed by atoms with Crippen LogP contribution in [-0.2, 0) is 19.0 Å². The second kappa shape index (κ2) is 10.1. The van der Waals surface area contributed by atoms with Crippen molar-refractivity contribution in [3.63, 3.8) is 0 Å². The van der Waals surface area contributed by atoms with Crippen LogP contribution < -0.4 is 10.5 Å². The van der Waals surface area contributed by atoms with E-state index < -0.39 is 11.9 Å². The summed E-state index contributed by atoms with van der Waals surface area (Å²) in [6, 6.07) is 9.44. The van der Waals surface area contributed by atoms with Gasteiger partial charge in [-0.1, -0.05) is 18.2 Å². The van der Waals surface area contributed by atoms with E-state index in [-0.39, 0.29) is 23.6 Å². The minimum Gasteiger partial charge on any atom is -0.492 e. The molecule has 0 aromatic heterocycles. The number of nitriles is 1. The van der Waals surface area contributed by atoms with Gasteiger partial charge in [-0.2, -0.15) is 5.26 Å². The van der Waals surface area contributed by atoms with Crippen LogP contribution in [0.15, 0.2) is 47.1 Å². The van der Waals surface area contributed by atoms with Gasteiger partial charge in [-0.25, -0.2) is 4.79 Å². The van der Waals surface area contributed by atoms with E-state index >= 15 is 0 Å². The first kappa shape index (κ1) is 21.7. The summed E-state index contributed by atoms with van der Waals surface area (Å²) in [6.07, 6.45) is 0. The number of esters is 1. The number of carbonyl (C=O) groups is 1. The largest absolute Gasteiger partial charge is 0.492 e. The molecule has 2 aliphatic heterocycles. The molecule has 0 saturated carbocycles. The molecule has 2 heterocycles. The van der Waals surface area contributed by atoms with E-state index in [1.165, 1.54) is 0 Å². The standard InChI is InChI=1S/C22H27N3O5/c1-3-28-22(26)19-15(2)30-21(24)17(14-23)20(19)16-6-4-5-7-18(16)29-13-10-25-8-11-27-12-9-25/h4-7,20H,3,8-13,24H2,1-2H3. The molecule has 1 fully saturated rings. The number of benzene rings is 1. The van der Waals surface area contributed by atoms with Crippen molar-refractivity contribution in [2.75, 3.05) is 46.1 Å². The maximum Gasteiger partial charge on any atom is 0.338 e. The number of nitrogens with two attached hydrogens (primary N) is 1. The Hall–Kier alpha value is -3.02. The Morgan fingerprint density at radius 3 is 2.77 bits per heavy atom. The van der Waals surface area contributed by atoms with Crippen LogP contribution in [0.25, 0.3) is 0 Å². The maximum atomic E-state index is 12.7. The molecule has 8 heteroatoms. The predicted octanol–water partition coefficient (Wildman–Crippen LogP) is 2.04. The number of carbonyl (C=O) groups excluding carboxylic acids is 1. The third-order valence-corrected chi connectivity index (χ3v) is 5.10. The molecule has 1 unspecified atom stereocenters. The minimum absolute atomic E-state index is 0.0174. The van der Waals surface area contributed by atoms with Gasteiger partial charge in [0.05, 0.1) is 31.3 Å². The maximum absolute atomic E-state index is 12.7. The number of hydrogen-bond acceptors (Lipinski definition) is 8. The van der Waals surface area contributed by atoms with Crippen LogP contribution in [0, 0.1) is 11.3 Å². The summed E-state index contributed by atoms with van der Waals surface area (Å²) in [6.45, 7) is 8.00. The highest BCUT2D eigenvalue weighted by atomic mass is 16.5. The van der Waals surface area contributed by atoms with Crippen LogP contribution in [0.3, 0.4) is 0 Å². The molecule has 2 N–H and O–H groups in total. The second-order valence-electron chi connectivity index (χ2n) is 6.96. The summed E-state index contributed by atoms with van der Waals surface area (Å²) < 4.78 is 22.1. The second-order valence-corrected chi connectivity index (χ2v) is 6.96. The number of nitrogens with zero attached hydrogens (tertiary/aromatic N) is 2. The molecule has 0 amide bonds. The summed E-state index contributed by atoms with van der Waals surface area (Å²) in [5.74, 6) is -0.368. The first-order chi connectivity index (χ1) is 14.6. The van der Waals surface area contributed by atoms with Gasteiger partial charge in [0.25, 0.3) is 0 Å². The van der Waals surface area contributed by atoms with E-state index in [0.29, 0.717) is 23.7 Å². The quantitative estimate of drug-likeness (QED) is 0.677. The third kappa shape index (κ3) is 4.75. The molecular formula is C22H27N3O5. The zero-order valence-electron chi connectivity index (χ0n) is 17.3. The Balaban J connectivity index is 1.89. The summed E-state index contributed by atoms with van der Waals surface area (Å²) in [5, 5.41) is 9.74. The van der Waals surface area contributed by atoms with E-state index in [4.69, 9.17) is 24.7 Å². The topological polar surface area (TPSA) is 107 Å². The van der Waals surface area contributed by atoms with E-state index in [1.54, 1.807) is 13.8 Å². The van der Waals surface area contributed by atoms with Crippen molar-refractivity contribution in [3.8, 4) is 11.8 Å². The molecule has 0 bridgehead atoms. The average Bonchev–Trinajstić information content (AvgIpc) is 2.74. The molecular weight excluding hydrogens is 386 g/mol. The molecule has 1 aromatic rings. The highest BCUT2D eigenvalue weighted by Crippen LogP contribution is 2.42. The fraction of sp³-hybridized carbons (Fsp3) is 0.455. The SMILES string of the molecule is CCOC(=O)C1=C(C)OC(N)=C(C#N)C1c1ccccc1OCCN1CCOCC1. The molecule has 0 radical (unpaired) electrons. The number of morpholine rings is 1. The summed E-state index contributed by atoms with van der Waals surface area (Å²) in [4.78, 5) is 15.0. The van der Waals surface area contributed by atoms with Gasteiger partial charge in [0, 0.05) is 25.2 Å². The number of para-hydroxylation sites is 1. The highest BCUT2D eigenvalue weighted by Gasteiger charge is 2.37. The van der Waals surface area contributed by atoms with Gasteiger partial charge in [-0.05, 0) is 19.9 Å². The van der Waals surface area contributed by atoms with Crippen molar-refractivity contribution in [1.82, 2.24) is 4.90 Å². The Morgan fingerprint density at radius 2 is 2.07 bits per heavy atom. The molecule has 8 nitrogen and oxygen atoms in total. The molecule has 1 saturated heterocycles. The predicted molar refractivity (Wildman–Crippen MR) is 109 cm³/mol. The van der Waals surface area contributed by atoms with Crippen molar-refractivity contribution in [2.24, 2.45) is 5.73 Å². The zero-order valence-corrected chi connectivity index (χ0v) is 17.3. The van der Waals surface area contributed by atoms with Crippen LogP contribution >= 0.6 is 0 Å². The fourth-order valence-electron chi connectivity index (χ4n) is 3.63. The lowest BCUT2D eigenvalue weighted by Crippen LogP contribution is -2.38. The van der Waals surface area contributed by atoms with Crippen LogP contribution in [0.5, 0.6) is 5.75 Å².